The second-order valence-corrected chi connectivity index (χ2v) is 8.85. The molecule has 0 radical (unpaired) electrons. The molecule has 1 aromatic carbocycles. The van der Waals surface area contributed by atoms with Crippen LogP contribution in [0.1, 0.15) is 73.7 Å². The third-order valence-corrected chi connectivity index (χ3v) is 6.60. The van der Waals surface area contributed by atoms with Crippen molar-refractivity contribution in [3.63, 3.8) is 0 Å². The van der Waals surface area contributed by atoms with Crippen LogP contribution in [-0.4, -0.2) is 50.1 Å². The molecular weight excluding hydrogens is 430 g/mol. The maximum atomic E-state index is 12.7. The highest BCUT2D eigenvalue weighted by atomic mass is 35.5. The van der Waals surface area contributed by atoms with E-state index in [1.54, 1.807) is 0 Å². The largest absolute Gasteiger partial charge is 0.467 e. The van der Waals surface area contributed by atoms with Gasteiger partial charge in [-0.2, -0.15) is 0 Å². The molecule has 7 nitrogen and oxygen atoms in total. The lowest BCUT2D eigenvalue weighted by molar-refractivity contribution is -0.145. The van der Waals surface area contributed by atoms with Crippen LogP contribution in [0.3, 0.4) is 0 Å². The van der Waals surface area contributed by atoms with Gasteiger partial charge in [0.05, 0.1) is 7.11 Å². The first-order valence-electron chi connectivity index (χ1n) is 11.4. The Balaban J connectivity index is 0.00000363. The number of benzene rings is 1. The number of nitrogens with one attached hydrogen (secondary N) is 3. The van der Waals surface area contributed by atoms with Crippen LogP contribution in [0.2, 0.25) is 0 Å². The number of rotatable bonds is 7. The number of esters is 1. The fourth-order valence-electron chi connectivity index (χ4n) is 4.81. The van der Waals surface area contributed by atoms with Crippen LogP contribution in [0.5, 0.6) is 0 Å². The molecule has 2 aliphatic rings. The Morgan fingerprint density at radius 1 is 1.03 bits per heavy atom. The average Bonchev–Trinajstić information content (AvgIpc) is 2.79. The van der Waals surface area contributed by atoms with Gasteiger partial charge < -0.3 is 20.7 Å². The highest BCUT2D eigenvalue weighted by Crippen LogP contribution is 2.29. The summed E-state index contributed by atoms with van der Waals surface area (Å²) in [6.45, 7) is 3.52. The van der Waals surface area contributed by atoms with Gasteiger partial charge in [-0.1, -0.05) is 12.1 Å². The molecule has 3 N–H and O–H groups in total. The van der Waals surface area contributed by atoms with E-state index in [4.69, 9.17) is 4.74 Å². The summed E-state index contributed by atoms with van der Waals surface area (Å²) in [5, 5.41) is 9.23. The van der Waals surface area contributed by atoms with E-state index in [2.05, 4.69) is 28.1 Å². The van der Waals surface area contributed by atoms with Gasteiger partial charge in [0.15, 0.2) is 0 Å². The van der Waals surface area contributed by atoms with Gasteiger partial charge in [-0.25, -0.2) is 4.79 Å². The Kier molecular flexibility index (Phi) is 10.5. The zero-order valence-corrected chi connectivity index (χ0v) is 19.8. The smallest absolute Gasteiger partial charge is 0.328 e. The number of hydrogen-bond donors (Lipinski definition) is 3. The highest BCUT2D eigenvalue weighted by molar-refractivity contribution is 5.94. The van der Waals surface area contributed by atoms with Crippen molar-refractivity contribution in [2.75, 3.05) is 20.2 Å². The van der Waals surface area contributed by atoms with E-state index in [1.807, 2.05) is 12.1 Å². The molecule has 1 saturated heterocycles. The summed E-state index contributed by atoms with van der Waals surface area (Å²) in [4.78, 5) is 36.0. The number of methoxy groups -OCH3 is 1. The summed E-state index contributed by atoms with van der Waals surface area (Å²) in [7, 11) is 1.34. The zero-order valence-electron chi connectivity index (χ0n) is 19.0. The Morgan fingerprint density at radius 3 is 2.22 bits per heavy atom. The number of halogens is 1. The van der Waals surface area contributed by atoms with Crippen LogP contribution in [0, 0.1) is 5.92 Å². The predicted octanol–water partition coefficient (Wildman–Crippen LogP) is 2.93. The topological polar surface area (TPSA) is 96.5 Å². The first-order valence-corrected chi connectivity index (χ1v) is 11.4. The molecule has 8 heteroatoms. The monoisotopic (exact) mass is 465 g/mol. The van der Waals surface area contributed by atoms with Crippen molar-refractivity contribution >= 4 is 30.2 Å². The van der Waals surface area contributed by atoms with E-state index in [0.29, 0.717) is 23.8 Å². The second-order valence-electron chi connectivity index (χ2n) is 8.85. The molecule has 1 saturated carbocycles. The number of carbonyl (C=O) groups is 3. The lowest BCUT2D eigenvalue weighted by atomic mass is 9.82. The first-order chi connectivity index (χ1) is 15.0. The van der Waals surface area contributed by atoms with Crippen molar-refractivity contribution in [2.24, 2.45) is 5.92 Å². The molecule has 178 valence electrons. The lowest BCUT2D eigenvalue weighted by Crippen LogP contribution is -2.43. The van der Waals surface area contributed by atoms with Crippen molar-refractivity contribution in [1.82, 2.24) is 16.0 Å². The van der Waals surface area contributed by atoms with Gasteiger partial charge in [0.1, 0.15) is 6.04 Å². The van der Waals surface area contributed by atoms with Crippen LogP contribution < -0.4 is 16.0 Å². The number of carbonyl (C=O) groups excluding carboxylic acids is 3. The fourth-order valence-corrected chi connectivity index (χ4v) is 4.81. The standard InChI is InChI=1S/C24H35N3O4.ClH/c1-16(28)26-22(24(30)31-2)15-17-3-9-21(10-4-17)27-23(29)20-7-5-18(6-8-20)19-11-13-25-14-12-19;/h5-8,17,19,21-22,25H,3-4,9-15H2,1-2H3,(H,26,28)(H,27,29);1H. The van der Waals surface area contributed by atoms with Crippen LogP contribution in [0.15, 0.2) is 24.3 Å². The molecule has 32 heavy (non-hydrogen) atoms. The third kappa shape index (κ3) is 7.48. The molecule has 1 heterocycles. The van der Waals surface area contributed by atoms with E-state index in [9.17, 15) is 14.4 Å². The average molecular weight is 466 g/mol. The minimum atomic E-state index is -0.600. The van der Waals surface area contributed by atoms with Crippen LogP contribution in [-0.2, 0) is 14.3 Å². The number of amides is 2. The zero-order chi connectivity index (χ0) is 22.2. The van der Waals surface area contributed by atoms with Crippen LogP contribution in [0.4, 0.5) is 0 Å². The van der Waals surface area contributed by atoms with Crippen LogP contribution in [0.25, 0.3) is 0 Å². The molecule has 0 spiro atoms. The summed E-state index contributed by atoms with van der Waals surface area (Å²) >= 11 is 0. The SMILES string of the molecule is COC(=O)C(CC1CCC(NC(=O)c2ccc(C3CCNCC3)cc2)CC1)NC(C)=O.Cl. The summed E-state index contributed by atoms with van der Waals surface area (Å²) in [6, 6.07) is 7.61. The highest BCUT2D eigenvalue weighted by Gasteiger charge is 2.29. The van der Waals surface area contributed by atoms with Crippen molar-refractivity contribution < 1.29 is 19.1 Å². The van der Waals surface area contributed by atoms with Gasteiger partial charge in [-0.3, -0.25) is 9.59 Å². The second kappa shape index (κ2) is 12.8. The normalized spacial score (nSPS) is 22.2. The predicted molar refractivity (Wildman–Crippen MR) is 126 cm³/mol. The van der Waals surface area contributed by atoms with Gasteiger partial charge in [0, 0.05) is 18.5 Å². The molecular formula is C24H36ClN3O4. The molecule has 2 amide bonds. The van der Waals surface area contributed by atoms with Crippen molar-refractivity contribution in [3.05, 3.63) is 35.4 Å². The Hall–Kier alpha value is -2.12. The van der Waals surface area contributed by atoms with Crippen LogP contribution >= 0.6 is 12.4 Å². The number of piperidine rings is 1. The molecule has 0 aromatic heterocycles. The van der Waals surface area contributed by atoms with E-state index in [1.165, 1.54) is 19.6 Å². The van der Waals surface area contributed by atoms with Gasteiger partial charge in [0.2, 0.25) is 5.91 Å². The molecule has 1 aliphatic heterocycles. The molecule has 2 fully saturated rings. The number of ether oxygens (including phenoxy) is 1. The number of hydrogen-bond acceptors (Lipinski definition) is 5. The van der Waals surface area contributed by atoms with Gasteiger partial charge in [-0.15, -0.1) is 12.4 Å². The third-order valence-electron chi connectivity index (χ3n) is 6.60. The molecule has 0 bridgehead atoms. The molecule has 1 unspecified atom stereocenters. The van der Waals surface area contributed by atoms with E-state index in [0.717, 1.165) is 51.6 Å². The van der Waals surface area contributed by atoms with Gasteiger partial charge in [-0.05, 0) is 87.6 Å². The quantitative estimate of drug-likeness (QED) is 0.538. The van der Waals surface area contributed by atoms with E-state index >= 15 is 0 Å². The Bertz CT molecular complexity index is 757. The summed E-state index contributed by atoms with van der Waals surface area (Å²) in [5.41, 5.74) is 2.02. The summed E-state index contributed by atoms with van der Waals surface area (Å²) in [5.74, 6) is 0.250. The van der Waals surface area contributed by atoms with Crippen molar-refractivity contribution in [2.45, 2.75) is 69.9 Å². The van der Waals surface area contributed by atoms with Gasteiger partial charge >= 0.3 is 5.97 Å². The molecule has 3 rings (SSSR count). The lowest BCUT2D eigenvalue weighted by Gasteiger charge is -2.31. The molecule has 1 atom stereocenters. The van der Waals surface area contributed by atoms with E-state index < -0.39 is 12.0 Å². The Morgan fingerprint density at radius 2 is 1.66 bits per heavy atom. The van der Waals surface area contributed by atoms with E-state index in [-0.39, 0.29) is 30.3 Å². The maximum absolute atomic E-state index is 12.7. The maximum Gasteiger partial charge on any atom is 0.328 e. The minimum Gasteiger partial charge on any atom is -0.467 e. The van der Waals surface area contributed by atoms with Gasteiger partial charge in [0.25, 0.3) is 5.91 Å². The summed E-state index contributed by atoms with van der Waals surface area (Å²) in [6.07, 6.45) is 6.43. The summed E-state index contributed by atoms with van der Waals surface area (Å²) < 4.78 is 4.81. The first kappa shape index (κ1) is 26.1. The fraction of sp³-hybridized carbons (Fsp3) is 0.625. The van der Waals surface area contributed by atoms with Crippen molar-refractivity contribution in [3.8, 4) is 0 Å². The molecule has 1 aromatic rings. The minimum absolute atomic E-state index is 0. The Labute approximate surface area is 196 Å². The van der Waals surface area contributed by atoms with Crippen molar-refractivity contribution in [1.29, 1.82) is 0 Å². The molecule has 1 aliphatic carbocycles.